The van der Waals surface area contributed by atoms with Gasteiger partial charge in [-0.15, -0.1) is 0 Å². The number of hydrogen-bond acceptors (Lipinski definition) is 5. The van der Waals surface area contributed by atoms with Crippen molar-refractivity contribution in [3.63, 3.8) is 0 Å². The van der Waals surface area contributed by atoms with Crippen molar-refractivity contribution in [2.24, 2.45) is 0 Å². The fraction of sp³-hybridized carbons (Fsp3) is 0.545. The van der Waals surface area contributed by atoms with Crippen molar-refractivity contribution in [2.45, 2.75) is 57.0 Å². The van der Waals surface area contributed by atoms with Gasteiger partial charge in [-0.25, -0.2) is 4.98 Å². The highest BCUT2D eigenvalue weighted by molar-refractivity contribution is 14.1. The highest BCUT2D eigenvalue weighted by atomic mass is 127. The maximum absolute atomic E-state index is 13.5. The van der Waals surface area contributed by atoms with Gasteiger partial charge in [0.15, 0.2) is 0 Å². The topological polar surface area (TPSA) is 74.3 Å². The first-order valence-electron chi connectivity index (χ1n) is 10.4. The van der Waals surface area contributed by atoms with Crippen LogP contribution in [0.15, 0.2) is 24.5 Å². The molecule has 0 saturated heterocycles. The highest BCUT2D eigenvalue weighted by Crippen LogP contribution is 2.42. The number of methoxy groups -OCH3 is 1. The summed E-state index contributed by atoms with van der Waals surface area (Å²) < 4.78 is 48.3. The van der Waals surface area contributed by atoms with Crippen LogP contribution in [0.5, 0.6) is 0 Å². The third kappa shape index (κ3) is 5.05. The number of alkyl halides is 3. The molecule has 32 heavy (non-hydrogen) atoms. The number of hydrogen-bond donors (Lipinski definition) is 1. The summed E-state index contributed by atoms with van der Waals surface area (Å²) in [4.78, 5) is 6.25. The molecule has 1 heterocycles. The van der Waals surface area contributed by atoms with Gasteiger partial charge in [0.2, 0.25) is 0 Å². The SMILES string of the molecule is CCN(c1ccc(C#N)c(C(F)(F)F)c1)C1CCCC(O)(c2c(I)ncn2CCOC)C1. The fourth-order valence-corrected chi connectivity index (χ4v) is 5.51. The van der Waals surface area contributed by atoms with Crippen molar-refractivity contribution in [2.75, 3.05) is 25.2 Å². The van der Waals surface area contributed by atoms with Crippen LogP contribution in [0.3, 0.4) is 0 Å². The molecule has 0 spiro atoms. The Morgan fingerprint density at radius 1 is 1.44 bits per heavy atom. The molecular weight excluding hydrogens is 536 g/mol. The minimum atomic E-state index is -4.61. The Bertz CT molecular complexity index is 989. The standard InChI is InChI=1S/C22H26F3IN4O2/c1-3-30(16-7-6-15(13-27)18(11-16)22(23,24)25)17-5-4-8-21(31,12-17)19-20(26)28-14-29(19)9-10-32-2/h6-7,11,14,17,31H,3-5,8-10,12H2,1-2H3. The molecule has 2 atom stereocenters. The zero-order valence-electron chi connectivity index (χ0n) is 18.0. The molecule has 0 radical (unpaired) electrons. The molecule has 1 aliphatic carbocycles. The molecule has 1 aliphatic rings. The molecule has 2 unspecified atom stereocenters. The molecule has 0 aliphatic heterocycles. The largest absolute Gasteiger partial charge is 0.417 e. The zero-order chi connectivity index (χ0) is 23.5. The van der Waals surface area contributed by atoms with Crippen molar-refractivity contribution in [1.82, 2.24) is 9.55 Å². The molecule has 174 valence electrons. The molecule has 1 aromatic carbocycles. The zero-order valence-corrected chi connectivity index (χ0v) is 20.2. The minimum Gasteiger partial charge on any atom is -0.383 e. The normalized spacial score (nSPS) is 21.4. The Balaban J connectivity index is 1.94. The Kier molecular flexibility index (Phi) is 7.73. The van der Waals surface area contributed by atoms with Gasteiger partial charge < -0.3 is 19.3 Å². The summed E-state index contributed by atoms with van der Waals surface area (Å²) in [7, 11) is 1.61. The predicted octanol–water partition coefficient (Wildman–Crippen LogP) is 4.68. The number of rotatable bonds is 7. The Morgan fingerprint density at radius 3 is 2.81 bits per heavy atom. The number of halogens is 4. The van der Waals surface area contributed by atoms with Gasteiger partial charge in [0.25, 0.3) is 0 Å². The maximum Gasteiger partial charge on any atom is 0.417 e. The Hall–Kier alpha value is -1.84. The van der Waals surface area contributed by atoms with E-state index >= 15 is 0 Å². The number of nitriles is 1. The van der Waals surface area contributed by atoms with Gasteiger partial charge in [0, 0.05) is 38.3 Å². The summed E-state index contributed by atoms with van der Waals surface area (Å²) in [6.07, 6.45) is -0.525. The van der Waals surface area contributed by atoms with Crippen LogP contribution < -0.4 is 4.90 Å². The van der Waals surface area contributed by atoms with Gasteiger partial charge in [0.05, 0.1) is 35.8 Å². The van der Waals surface area contributed by atoms with Crippen LogP contribution in [0.4, 0.5) is 18.9 Å². The second-order valence-electron chi connectivity index (χ2n) is 7.98. The molecule has 2 aromatic rings. The first-order chi connectivity index (χ1) is 15.1. The van der Waals surface area contributed by atoms with Crippen molar-refractivity contribution in [3.05, 3.63) is 45.0 Å². The maximum atomic E-state index is 13.5. The van der Waals surface area contributed by atoms with Gasteiger partial charge >= 0.3 is 6.18 Å². The van der Waals surface area contributed by atoms with E-state index in [1.165, 1.54) is 6.07 Å². The van der Waals surface area contributed by atoms with Crippen LogP contribution >= 0.6 is 22.6 Å². The number of ether oxygens (including phenoxy) is 1. The van der Waals surface area contributed by atoms with Gasteiger partial charge in [-0.3, -0.25) is 0 Å². The number of aromatic nitrogens is 2. The highest BCUT2D eigenvalue weighted by Gasteiger charge is 2.42. The quantitative estimate of drug-likeness (QED) is 0.497. The molecule has 1 fully saturated rings. The Morgan fingerprint density at radius 2 is 2.19 bits per heavy atom. The van der Waals surface area contributed by atoms with E-state index in [1.807, 2.05) is 16.4 Å². The van der Waals surface area contributed by atoms with E-state index in [9.17, 15) is 18.3 Å². The van der Waals surface area contributed by atoms with E-state index in [-0.39, 0.29) is 6.04 Å². The summed E-state index contributed by atoms with van der Waals surface area (Å²) in [6.45, 7) is 3.39. The van der Waals surface area contributed by atoms with Crippen molar-refractivity contribution < 1.29 is 23.0 Å². The predicted molar refractivity (Wildman–Crippen MR) is 122 cm³/mol. The smallest absolute Gasteiger partial charge is 0.383 e. The summed E-state index contributed by atoms with van der Waals surface area (Å²) >= 11 is 2.11. The van der Waals surface area contributed by atoms with Crippen LogP contribution in [0.2, 0.25) is 0 Å². The van der Waals surface area contributed by atoms with E-state index in [0.29, 0.717) is 41.9 Å². The fourth-order valence-electron chi connectivity index (χ4n) is 4.58. The lowest BCUT2D eigenvalue weighted by molar-refractivity contribution is -0.137. The van der Waals surface area contributed by atoms with Gasteiger partial charge in [-0.1, -0.05) is 0 Å². The third-order valence-corrected chi connectivity index (χ3v) is 6.80. The van der Waals surface area contributed by atoms with Gasteiger partial charge in [-0.05, 0) is 67.0 Å². The van der Waals surface area contributed by atoms with E-state index in [2.05, 4.69) is 27.6 Å². The number of anilines is 1. The summed E-state index contributed by atoms with van der Waals surface area (Å²) in [6, 6.07) is 5.29. The van der Waals surface area contributed by atoms with Crippen molar-refractivity contribution in [3.8, 4) is 6.07 Å². The van der Waals surface area contributed by atoms with E-state index in [0.717, 1.165) is 24.6 Å². The number of benzene rings is 1. The lowest BCUT2D eigenvalue weighted by atomic mass is 9.79. The lowest BCUT2D eigenvalue weighted by Gasteiger charge is -2.43. The molecule has 6 nitrogen and oxygen atoms in total. The van der Waals surface area contributed by atoms with E-state index in [1.54, 1.807) is 25.6 Å². The average Bonchev–Trinajstić information content (AvgIpc) is 3.13. The van der Waals surface area contributed by atoms with E-state index < -0.39 is 22.9 Å². The first-order valence-corrected chi connectivity index (χ1v) is 11.5. The van der Waals surface area contributed by atoms with Crippen LogP contribution in [0.25, 0.3) is 0 Å². The van der Waals surface area contributed by atoms with Crippen LogP contribution in [0, 0.1) is 15.0 Å². The summed E-state index contributed by atoms with van der Waals surface area (Å²) in [5.41, 5.74) is -1.35. The number of aliphatic hydroxyl groups is 1. The van der Waals surface area contributed by atoms with Crippen LogP contribution in [0.1, 0.15) is 49.4 Å². The van der Waals surface area contributed by atoms with E-state index in [4.69, 9.17) is 10.00 Å². The lowest BCUT2D eigenvalue weighted by Crippen LogP contribution is -2.46. The molecule has 1 saturated carbocycles. The molecule has 3 rings (SSSR count). The molecular formula is C22H26F3IN4O2. The van der Waals surface area contributed by atoms with Gasteiger partial charge in [-0.2, -0.15) is 18.4 Å². The molecule has 0 amide bonds. The third-order valence-electron chi connectivity index (χ3n) is 6.01. The summed E-state index contributed by atoms with van der Waals surface area (Å²) in [5.74, 6) is 0. The first kappa shape index (κ1) is 24.8. The molecule has 0 bridgehead atoms. The second-order valence-corrected chi connectivity index (χ2v) is 9.00. The van der Waals surface area contributed by atoms with Crippen molar-refractivity contribution in [1.29, 1.82) is 5.26 Å². The monoisotopic (exact) mass is 562 g/mol. The van der Waals surface area contributed by atoms with Gasteiger partial charge in [0.1, 0.15) is 9.30 Å². The molecule has 1 N–H and O–H groups in total. The molecule has 10 heteroatoms. The molecule has 1 aromatic heterocycles. The van der Waals surface area contributed by atoms with Crippen LogP contribution in [-0.2, 0) is 23.1 Å². The Labute approximate surface area is 199 Å². The number of imidazole rings is 1. The van der Waals surface area contributed by atoms with Crippen LogP contribution in [-0.4, -0.2) is 41.0 Å². The summed E-state index contributed by atoms with van der Waals surface area (Å²) in [5, 5.41) is 20.8. The second kappa shape index (κ2) is 9.97. The van der Waals surface area contributed by atoms with Crippen molar-refractivity contribution >= 4 is 28.3 Å². The average molecular weight is 562 g/mol. The minimum absolute atomic E-state index is 0.158. The number of nitrogens with zero attached hydrogens (tertiary/aromatic N) is 4.